The van der Waals surface area contributed by atoms with Crippen LogP contribution in [0.4, 0.5) is 0 Å². The summed E-state index contributed by atoms with van der Waals surface area (Å²) >= 11 is 0. The molecule has 21 heavy (non-hydrogen) atoms. The molecule has 1 aromatic rings. The number of hydrogen-bond donors (Lipinski definition) is 0. The summed E-state index contributed by atoms with van der Waals surface area (Å²) in [5.41, 5.74) is 0.0166. The fourth-order valence-corrected chi connectivity index (χ4v) is 3.05. The first kappa shape index (κ1) is 16.4. The smallest absolute Gasteiger partial charge is 0.226 e. The molecule has 0 spiro atoms. The normalized spacial score (nSPS) is 21.9. The van der Waals surface area contributed by atoms with E-state index in [0.717, 1.165) is 63.6 Å². The van der Waals surface area contributed by atoms with Crippen molar-refractivity contribution in [2.24, 2.45) is 5.92 Å². The highest BCUT2D eigenvalue weighted by molar-refractivity contribution is 4.87. The minimum absolute atomic E-state index is 0.0166. The lowest BCUT2D eigenvalue weighted by Gasteiger charge is -2.37. The molecule has 5 nitrogen and oxygen atoms in total. The van der Waals surface area contributed by atoms with Crippen LogP contribution in [0, 0.1) is 5.92 Å². The van der Waals surface area contributed by atoms with E-state index in [9.17, 15) is 0 Å². The number of aromatic nitrogens is 2. The van der Waals surface area contributed by atoms with Gasteiger partial charge in [0.25, 0.3) is 0 Å². The molecule has 0 aliphatic carbocycles. The highest BCUT2D eigenvalue weighted by atomic mass is 16.5. The SMILES string of the molecule is CCCc1nc(CN(CC)CC2CCOC(C)(C)C2)no1. The summed E-state index contributed by atoms with van der Waals surface area (Å²) in [6.07, 6.45) is 4.17. The maximum Gasteiger partial charge on any atom is 0.226 e. The molecule has 0 saturated carbocycles. The van der Waals surface area contributed by atoms with Crippen LogP contribution < -0.4 is 0 Å². The van der Waals surface area contributed by atoms with Gasteiger partial charge < -0.3 is 9.26 Å². The number of ether oxygens (including phenoxy) is 1. The average Bonchev–Trinajstić information content (AvgIpc) is 2.85. The Labute approximate surface area is 128 Å². The van der Waals surface area contributed by atoms with Gasteiger partial charge in [0, 0.05) is 19.6 Å². The summed E-state index contributed by atoms with van der Waals surface area (Å²) in [5.74, 6) is 2.26. The second kappa shape index (κ2) is 7.36. The van der Waals surface area contributed by atoms with Crippen LogP contribution >= 0.6 is 0 Å². The maximum atomic E-state index is 5.80. The van der Waals surface area contributed by atoms with Gasteiger partial charge >= 0.3 is 0 Å². The van der Waals surface area contributed by atoms with E-state index in [0.29, 0.717) is 5.92 Å². The summed E-state index contributed by atoms with van der Waals surface area (Å²) in [6.45, 7) is 12.4. The Bertz CT molecular complexity index is 431. The summed E-state index contributed by atoms with van der Waals surface area (Å²) in [4.78, 5) is 6.87. The molecule has 1 aromatic heterocycles. The van der Waals surface area contributed by atoms with Crippen LogP contribution in [0.2, 0.25) is 0 Å². The van der Waals surface area contributed by atoms with E-state index in [-0.39, 0.29) is 5.60 Å². The molecule has 5 heteroatoms. The first-order valence-electron chi connectivity index (χ1n) is 8.20. The molecule has 1 saturated heterocycles. The number of aryl methyl sites for hydroxylation is 1. The van der Waals surface area contributed by atoms with Gasteiger partial charge in [-0.25, -0.2) is 0 Å². The van der Waals surface area contributed by atoms with E-state index < -0.39 is 0 Å². The number of nitrogens with zero attached hydrogens (tertiary/aromatic N) is 3. The summed E-state index contributed by atoms with van der Waals surface area (Å²) in [7, 11) is 0. The predicted octanol–water partition coefficient (Wildman–Crippen LogP) is 3.05. The Morgan fingerprint density at radius 1 is 1.33 bits per heavy atom. The predicted molar refractivity (Wildman–Crippen MR) is 82.0 cm³/mol. The third kappa shape index (κ3) is 5.08. The largest absolute Gasteiger partial charge is 0.376 e. The molecule has 2 heterocycles. The van der Waals surface area contributed by atoms with Crippen LogP contribution in [-0.4, -0.2) is 40.3 Å². The lowest BCUT2D eigenvalue weighted by molar-refractivity contribution is -0.0770. The summed E-state index contributed by atoms with van der Waals surface area (Å²) in [6, 6.07) is 0. The maximum absolute atomic E-state index is 5.80. The van der Waals surface area contributed by atoms with Crippen molar-refractivity contribution < 1.29 is 9.26 Å². The molecule has 0 radical (unpaired) electrons. The van der Waals surface area contributed by atoms with Crippen LogP contribution in [0.3, 0.4) is 0 Å². The van der Waals surface area contributed by atoms with Crippen molar-refractivity contribution in [2.45, 2.75) is 65.5 Å². The van der Waals surface area contributed by atoms with Crippen LogP contribution in [0.25, 0.3) is 0 Å². The molecule has 120 valence electrons. The Balaban J connectivity index is 1.87. The zero-order chi connectivity index (χ0) is 15.3. The third-order valence-electron chi connectivity index (χ3n) is 4.10. The van der Waals surface area contributed by atoms with Crippen molar-refractivity contribution in [2.75, 3.05) is 19.7 Å². The van der Waals surface area contributed by atoms with E-state index in [1.54, 1.807) is 0 Å². The topological polar surface area (TPSA) is 51.4 Å². The van der Waals surface area contributed by atoms with Crippen LogP contribution in [-0.2, 0) is 17.7 Å². The first-order chi connectivity index (χ1) is 10.0. The van der Waals surface area contributed by atoms with Gasteiger partial charge in [0.05, 0.1) is 12.1 Å². The standard InChI is InChI=1S/C16H29N3O2/c1-5-7-15-17-14(18-21-15)12-19(6-2)11-13-8-9-20-16(3,4)10-13/h13H,5-12H2,1-4H3. The van der Waals surface area contributed by atoms with Gasteiger partial charge in [-0.15, -0.1) is 0 Å². The highest BCUT2D eigenvalue weighted by Gasteiger charge is 2.29. The van der Waals surface area contributed by atoms with Gasteiger partial charge in [0.2, 0.25) is 5.89 Å². The third-order valence-corrected chi connectivity index (χ3v) is 4.10. The van der Waals surface area contributed by atoms with Crippen molar-refractivity contribution in [1.82, 2.24) is 15.0 Å². The lowest BCUT2D eigenvalue weighted by Crippen LogP contribution is -2.39. The Morgan fingerprint density at radius 3 is 2.81 bits per heavy atom. The summed E-state index contributed by atoms with van der Waals surface area (Å²) in [5, 5.41) is 4.09. The molecule has 0 amide bonds. The molecule has 1 atom stereocenters. The molecular weight excluding hydrogens is 266 g/mol. The van der Waals surface area contributed by atoms with Gasteiger partial charge in [-0.2, -0.15) is 4.98 Å². The zero-order valence-electron chi connectivity index (χ0n) is 13.9. The van der Waals surface area contributed by atoms with Gasteiger partial charge in [0.1, 0.15) is 0 Å². The quantitative estimate of drug-likeness (QED) is 0.774. The molecule has 1 aliphatic heterocycles. The second-order valence-electron chi connectivity index (χ2n) is 6.65. The molecule has 1 unspecified atom stereocenters. The molecule has 0 bridgehead atoms. The zero-order valence-corrected chi connectivity index (χ0v) is 13.9. The van der Waals surface area contributed by atoms with Crippen molar-refractivity contribution >= 4 is 0 Å². The Kier molecular flexibility index (Phi) is 5.76. The van der Waals surface area contributed by atoms with Crippen LogP contribution in [0.5, 0.6) is 0 Å². The molecule has 1 fully saturated rings. The number of hydrogen-bond acceptors (Lipinski definition) is 5. The van der Waals surface area contributed by atoms with Gasteiger partial charge in [-0.05, 0) is 45.6 Å². The van der Waals surface area contributed by atoms with E-state index in [4.69, 9.17) is 9.26 Å². The van der Waals surface area contributed by atoms with Crippen LogP contribution in [0.15, 0.2) is 4.52 Å². The molecular formula is C16H29N3O2. The van der Waals surface area contributed by atoms with Gasteiger partial charge in [0.15, 0.2) is 5.82 Å². The molecule has 2 rings (SSSR count). The lowest BCUT2D eigenvalue weighted by atomic mass is 9.88. The Hall–Kier alpha value is -0.940. The minimum atomic E-state index is 0.0166. The van der Waals surface area contributed by atoms with E-state index in [1.807, 2.05) is 0 Å². The Morgan fingerprint density at radius 2 is 2.14 bits per heavy atom. The van der Waals surface area contributed by atoms with E-state index >= 15 is 0 Å². The monoisotopic (exact) mass is 295 g/mol. The average molecular weight is 295 g/mol. The van der Waals surface area contributed by atoms with Crippen molar-refractivity contribution in [3.63, 3.8) is 0 Å². The molecule has 0 N–H and O–H groups in total. The molecule has 0 aromatic carbocycles. The van der Waals surface area contributed by atoms with Gasteiger partial charge in [-0.3, -0.25) is 4.90 Å². The highest BCUT2D eigenvalue weighted by Crippen LogP contribution is 2.29. The van der Waals surface area contributed by atoms with Crippen LogP contribution in [0.1, 0.15) is 58.7 Å². The summed E-state index contributed by atoms with van der Waals surface area (Å²) < 4.78 is 11.1. The number of rotatable bonds is 7. The fraction of sp³-hybridized carbons (Fsp3) is 0.875. The second-order valence-corrected chi connectivity index (χ2v) is 6.65. The minimum Gasteiger partial charge on any atom is -0.376 e. The molecule has 1 aliphatic rings. The van der Waals surface area contributed by atoms with E-state index in [1.165, 1.54) is 0 Å². The van der Waals surface area contributed by atoms with Crippen molar-refractivity contribution in [3.8, 4) is 0 Å². The van der Waals surface area contributed by atoms with Gasteiger partial charge in [-0.1, -0.05) is 19.0 Å². The first-order valence-corrected chi connectivity index (χ1v) is 8.20. The van der Waals surface area contributed by atoms with Crippen molar-refractivity contribution in [1.29, 1.82) is 0 Å². The van der Waals surface area contributed by atoms with Crippen molar-refractivity contribution in [3.05, 3.63) is 11.7 Å². The fourth-order valence-electron chi connectivity index (χ4n) is 3.05. The van der Waals surface area contributed by atoms with E-state index in [2.05, 4.69) is 42.7 Å².